The number of hydrogen-bond acceptors (Lipinski definition) is 5. The van der Waals surface area contributed by atoms with Gasteiger partial charge in [-0.1, -0.05) is 38.1 Å². The maximum atomic E-state index is 13.1. The van der Waals surface area contributed by atoms with Gasteiger partial charge in [0.05, 0.1) is 21.9 Å². The molecule has 1 heterocycles. The Kier molecular flexibility index (Phi) is 5.74. The molecule has 0 unspecified atom stereocenters. The lowest BCUT2D eigenvalue weighted by atomic mass is 10.0. The van der Waals surface area contributed by atoms with Crippen molar-refractivity contribution in [1.29, 1.82) is 15.8 Å². The van der Waals surface area contributed by atoms with Crippen molar-refractivity contribution in [2.75, 3.05) is 0 Å². The summed E-state index contributed by atoms with van der Waals surface area (Å²) in [6.07, 6.45) is 1.70. The standard InChI is InChI=1S/C23H16N4OS/c1-15(2)18-7-9-20(10-8-18)27-22(28)21(29-23(27)19(13-25)14-26)11-16-3-5-17(12-24)6-4-16/h3-11,15H,1-2H3/b21-11+. The number of benzene rings is 2. The van der Waals surface area contributed by atoms with Gasteiger partial charge in [0.1, 0.15) is 16.8 Å². The van der Waals surface area contributed by atoms with Crippen molar-refractivity contribution in [3.63, 3.8) is 0 Å². The summed E-state index contributed by atoms with van der Waals surface area (Å²) in [6, 6.07) is 20.2. The monoisotopic (exact) mass is 396 g/mol. The molecular formula is C23H16N4OS. The van der Waals surface area contributed by atoms with Crippen LogP contribution >= 0.6 is 11.3 Å². The Labute approximate surface area is 171 Å². The quantitative estimate of drug-likeness (QED) is 0.680. The fraction of sp³-hybridized carbons (Fsp3) is 0.130. The van der Waals surface area contributed by atoms with Gasteiger partial charge in [0, 0.05) is 0 Å². The molecule has 3 rings (SSSR count). The molecule has 29 heavy (non-hydrogen) atoms. The van der Waals surface area contributed by atoms with Crippen LogP contribution in [0.2, 0.25) is 0 Å². The van der Waals surface area contributed by atoms with E-state index >= 15 is 0 Å². The van der Waals surface area contributed by atoms with Gasteiger partial charge in [0.2, 0.25) is 0 Å². The summed E-state index contributed by atoms with van der Waals surface area (Å²) in [7, 11) is 0. The molecule has 0 N–H and O–H groups in total. The molecule has 0 spiro atoms. The maximum absolute atomic E-state index is 13.1. The van der Waals surface area contributed by atoms with Crippen molar-refractivity contribution in [3.8, 4) is 23.9 Å². The first-order valence-corrected chi connectivity index (χ1v) is 9.68. The third kappa shape index (κ3) is 4.01. The van der Waals surface area contributed by atoms with E-state index in [1.54, 1.807) is 30.3 Å². The first-order valence-electron chi connectivity index (χ1n) is 8.87. The zero-order chi connectivity index (χ0) is 21.0. The van der Waals surface area contributed by atoms with E-state index < -0.39 is 0 Å². The normalized spacial score (nSPS) is 11.0. The lowest BCUT2D eigenvalue weighted by Gasteiger charge is -2.07. The minimum atomic E-state index is -0.297. The number of nitrogens with zero attached hydrogens (tertiary/aromatic N) is 4. The van der Waals surface area contributed by atoms with E-state index in [2.05, 4.69) is 19.9 Å². The Morgan fingerprint density at radius 1 is 1.00 bits per heavy atom. The Morgan fingerprint density at radius 2 is 1.62 bits per heavy atom. The van der Waals surface area contributed by atoms with E-state index in [1.807, 2.05) is 36.4 Å². The molecule has 3 aromatic rings. The first-order chi connectivity index (χ1) is 14.0. The number of hydrogen-bond donors (Lipinski definition) is 0. The highest BCUT2D eigenvalue weighted by Crippen LogP contribution is 2.15. The van der Waals surface area contributed by atoms with Crippen LogP contribution in [0.1, 0.15) is 36.5 Å². The van der Waals surface area contributed by atoms with Crippen LogP contribution < -0.4 is 14.8 Å². The van der Waals surface area contributed by atoms with Gasteiger partial charge < -0.3 is 0 Å². The fourth-order valence-electron chi connectivity index (χ4n) is 2.82. The van der Waals surface area contributed by atoms with Crippen molar-refractivity contribution in [1.82, 2.24) is 4.57 Å². The highest BCUT2D eigenvalue weighted by atomic mass is 32.1. The molecule has 0 aliphatic heterocycles. The van der Waals surface area contributed by atoms with Crippen LogP contribution in [0, 0.1) is 34.0 Å². The predicted octanol–water partition coefficient (Wildman–Crippen LogP) is 2.92. The molecule has 140 valence electrons. The fourth-order valence-corrected chi connectivity index (χ4v) is 3.87. The van der Waals surface area contributed by atoms with E-state index in [-0.39, 0.29) is 11.1 Å². The van der Waals surface area contributed by atoms with Crippen molar-refractivity contribution >= 4 is 23.0 Å². The van der Waals surface area contributed by atoms with Gasteiger partial charge >= 0.3 is 0 Å². The van der Waals surface area contributed by atoms with Crippen molar-refractivity contribution in [2.45, 2.75) is 19.8 Å². The summed E-state index contributed by atoms with van der Waals surface area (Å²) in [5.74, 6) is 0.350. The van der Waals surface area contributed by atoms with Crippen molar-refractivity contribution in [2.24, 2.45) is 0 Å². The summed E-state index contributed by atoms with van der Waals surface area (Å²) in [5.41, 5.74) is 2.61. The smallest absolute Gasteiger partial charge is 0.267 e. The highest BCUT2D eigenvalue weighted by molar-refractivity contribution is 7.07. The number of thiazole rings is 1. The van der Waals surface area contributed by atoms with E-state index in [9.17, 15) is 15.3 Å². The van der Waals surface area contributed by atoms with Crippen LogP contribution in [0.5, 0.6) is 0 Å². The average molecular weight is 396 g/mol. The predicted molar refractivity (Wildman–Crippen MR) is 113 cm³/mol. The molecule has 0 aliphatic rings. The second-order valence-corrected chi connectivity index (χ2v) is 7.67. The minimum Gasteiger partial charge on any atom is -0.267 e. The van der Waals surface area contributed by atoms with Gasteiger partial charge in [-0.2, -0.15) is 15.8 Å². The van der Waals surface area contributed by atoms with Crippen molar-refractivity contribution in [3.05, 3.63) is 84.8 Å². The van der Waals surface area contributed by atoms with Crippen LogP contribution in [-0.4, -0.2) is 4.57 Å². The first kappa shape index (κ1) is 19.8. The molecule has 5 nitrogen and oxygen atoms in total. The highest BCUT2D eigenvalue weighted by Gasteiger charge is 2.11. The largest absolute Gasteiger partial charge is 0.273 e. The summed E-state index contributed by atoms with van der Waals surface area (Å²) in [5, 5.41) is 27.6. The number of rotatable bonds is 3. The summed E-state index contributed by atoms with van der Waals surface area (Å²) in [6.45, 7) is 4.16. The van der Waals surface area contributed by atoms with Gasteiger partial charge in [-0.25, -0.2) is 0 Å². The van der Waals surface area contributed by atoms with E-state index in [4.69, 9.17) is 5.26 Å². The summed E-state index contributed by atoms with van der Waals surface area (Å²) < 4.78 is 2.12. The van der Waals surface area contributed by atoms with Gasteiger partial charge in [-0.15, -0.1) is 11.3 Å². The maximum Gasteiger partial charge on any atom is 0.273 e. The van der Waals surface area contributed by atoms with Crippen molar-refractivity contribution < 1.29 is 0 Å². The van der Waals surface area contributed by atoms with E-state index in [1.165, 1.54) is 4.57 Å². The third-order valence-corrected chi connectivity index (χ3v) is 5.51. The molecule has 2 aromatic carbocycles. The molecule has 0 bridgehead atoms. The number of nitriles is 3. The topological polar surface area (TPSA) is 93.4 Å². The zero-order valence-corrected chi connectivity index (χ0v) is 16.7. The van der Waals surface area contributed by atoms with Gasteiger partial charge in [0.25, 0.3) is 5.56 Å². The molecule has 0 amide bonds. The Morgan fingerprint density at radius 3 is 2.14 bits per heavy atom. The molecule has 1 aromatic heterocycles. The Bertz CT molecular complexity index is 1340. The van der Waals surface area contributed by atoms with E-state index in [0.29, 0.717) is 26.4 Å². The number of aromatic nitrogens is 1. The van der Waals surface area contributed by atoms with Crippen LogP contribution in [0.15, 0.2) is 53.3 Å². The zero-order valence-electron chi connectivity index (χ0n) is 15.9. The minimum absolute atomic E-state index is 0.112. The lowest BCUT2D eigenvalue weighted by molar-refractivity contribution is 0.864. The average Bonchev–Trinajstić information content (AvgIpc) is 3.05. The Hall–Kier alpha value is -3.92. The lowest BCUT2D eigenvalue weighted by Crippen LogP contribution is -2.30. The third-order valence-electron chi connectivity index (χ3n) is 4.42. The second-order valence-electron chi connectivity index (χ2n) is 6.64. The van der Waals surface area contributed by atoms with Gasteiger partial charge in [0.15, 0.2) is 5.57 Å². The molecule has 0 saturated carbocycles. The molecule has 0 atom stereocenters. The summed E-state index contributed by atoms with van der Waals surface area (Å²) >= 11 is 1.10. The van der Waals surface area contributed by atoms with Crippen LogP contribution in [-0.2, 0) is 0 Å². The second kappa shape index (κ2) is 8.40. The van der Waals surface area contributed by atoms with Crippen LogP contribution in [0.25, 0.3) is 17.3 Å². The molecule has 0 aliphatic carbocycles. The summed E-state index contributed by atoms with van der Waals surface area (Å²) in [4.78, 5) is 13.1. The van der Waals surface area contributed by atoms with Crippen LogP contribution in [0.4, 0.5) is 0 Å². The Balaban J connectivity index is 2.28. The molecular weight excluding hydrogens is 380 g/mol. The molecule has 0 radical (unpaired) electrons. The molecule has 0 saturated heterocycles. The van der Waals surface area contributed by atoms with Crippen LogP contribution in [0.3, 0.4) is 0 Å². The molecule has 0 fully saturated rings. The molecule has 6 heteroatoms. The van der Waals surface area contributed by atoms with Gasteiger partial charge in [-0.05, 0) is 47.4 Å². The van der Waals surface area contributed by atoms with E-state index in [0.717, 1.165) is 22.5 Å². The SMILES string of the molecule is CC(C)c1ccc(-n2c(=C(C#N)C#N)s/c(=C/c3ccc(C#N)cc3)c2=O)cc1. The van der Waals surface area contributed by atoms with Gasteiger partial charge in [-0.3, -0.25) is 9.36 Å².